The number of carbonyl (C=O) groups excluding carboxylic acids is 1. The summed E-state index contributed by atoms with van der Waals surface area (Å²) >= 11 is 0. The van der Waals surface area contributed by atoms with Gasteiger partial charge < -0.3 is 15.5 Å². The summed E-state index contributed by atoms with van der Waals surface area (Å²) < 4.78 is 36.6. The van der Waals surface area contributed by atoms with E-state index in [1.807, 2.05) is 4.90 Å². The Kier molecular flexibility index (Phi) is 3.56. The maximum Gasteiger partial charge on any atom is 0.471 e. The summed E-state index contributed by atoms with van der Waals surface area (Å²) in [6, 6.07) is -0.544. The van der Waals surface area contributed by atoms with E-state index in [2.05, 4.69) is 0 Å². The van der Waals surface area contributed by atoms with Gasteiger partial charge >= 0.3 is 12.1 Å². The molecule has 7 heteroatoms. The van der Waals surface area contributed by atoms with Gasteiger partial charge in [0, 0.05) is 26.2 Å². The fourth-order valence-corrected chi connectivity index (χ4v) is 1.64. The van der Waals surface area contributed by atoms with Crippen molar-refractivity contribution in [3.05, 3.63) is 0 Å². The van der Waals surface area contributed by atoms with Gasteiger partial charge in [0.15, 0.2) is 0 Å². The van der Waals surface area contributed by atoms with E-state index in [0.29, 0.717) is 13.1 Å². The van der Waals surface area contributed by atoms with Gasteiger partial charge in [-0.3, -0.25) is 4.79 Å². The Morgan fingerprint density at radius 1 is 1.47 bits per heavy atom. The number of nitrogens with zero attached hydrogens (tertiary/aromatic N) is 2. The van der Waals surface area contributed by atoms with Crippen LogP contribution in [0.3, 0.4) is 0 Å². The average Bonchev–Trinajstić information content (AvgIpc) is 2.15. The van der Waals surface area contributed by atoms with Crippen LogP contribution < -0.4 is 5.73 Å². The normalized spacial score (nSPS) is 24.3. The fourth-order valence-electron chi connectivity index (χ4n) is 1.64. The number of piperazine rings is 1. The highest BCUT2D eigenvalue weighted by molar-refractivity contribution is 5.82. The molecule has 1 unspecified atom stereocenters. The molecule has 1 aliphatic rings. The average molecular weight is 225 g/mol. The smallest absolute Gasteiger partial charge is 0.328 e. The number of hydrogen-bond donors (Lipinski definition) is 1. The minimum absolute atomic E-state index is 0.0478. The molecule has 0 aromatic heterocycles. The zero-order valence-corrected chi connectivity index (χ0v) is 8.42. The molecule has 1 atom stereocenters. The fraction of sp³-hybridized carbons (Fsp3) is 0.875. The van der Waals surface area contributed by atoms with Crippen LogP contribution in [0.15, 0.2) is 0 Å². The molecule has 1 aliphatic heterocycles. The first-order valence-corrected chi connectivity index (χ1v) is 4.62. The van der Waals surface area contributed by atoms with Crippen molar-refractivity contribution in [1.82, 2.24) is 9.80 Å². The van der Waals surface area contributed by atoms with E-state index < -0.39 is 18.1 Å². The minimum Gasteiger partial charge on any atom is -0.328 e. The van der Waals surface area contributed by atoms with Crippen molar-refractivity contribution in [3.63, 3.8) is 0 Å². The Morgan fingerprint density at radius 2 is 2.07 bits per heavy atom. The van der Waals surface area contributed by atoms with Crippen LogP contribution in [-0.2, 0) is 4.79 Å². The van der Waals surface area contributed by atoms with Crippen molar-refractivity contribution in [2.75, 3.05) is 33.2 Å². The van der Waals surface area contributed by atoms with Gasteiger partial charge in [0.1, 0.15) is 0 Å². The molecular formula is C8H14F3N3O. The second-order valence-electron chi connectivity index (χ2n) is 3.65. The molecule has 15 heavy (non-hydrogen) atoms. The third kappa shape index (κ3) is 2.82. The molecule has 0 aliphatic carbocycles. The molecule has 0 saturated carbocycles. The zero-order valence-electron chi connectivity index (χ0n) is 8.42. The van der Waals surface area contributed by atoms with Crippen molar-refractivity contribution < 1.29 is 18.0 Å². The third-order valence-electron chi connectivity index (χ3n) is 2.46. The molecule has 88 valence electrons. The molecular weight excluding hydrogens is 211 g/mol. The Labute approximate surface area is 85.8 Å². The lowest BCUT2D eigenvalue weighted by Crippen LogP contribution is -2.59. The molecule has 1 rings (SSSR count). The Balaban J connectivity index is 2.72. The van der Waals surface area contributed by atoms with Crippen molar-refractivity contribution in [2.45, 2.75) is 12.2 Å². The highest BCUT2D eigenvalue weighted by atomic mass is 19.4. The van der Waals surface area contributed by atoms with Gasteiger partial charge in [0.05, 0.1) is 6.04 Å². The molecule has 1 heterocycles. The number of likely N-dealkylation sites (N-methyl/N-ethyl adjacent to an activating group) is 1. The third-order valence-corrected chi connectivity index (χ3v) is 2.46. The zero-order chi connectivity index (χ0) is 11.6. The second-order valence-corrected chi connectivity index (χ2v) is 3.65. The van der Waals surface area contributed by atoms with Crippen molar-refractivity contribution in [2.24, 2.45) is 5.73 Å². The van der Waals surface area contributed by atoms with E-state index in [9.17, 15) is 18.0 Å². The first-order chi connectivity index (χ1) is 6.86. The number of alkyl halides is 3. The first kappa shape index (κ1) is 12.3. The van der Waals surface area contributed by atoms with E-state index in [0.717, 1.165) is 4.90 Å². The monoisotopic (exact) mass is 225 g/mol. The van der Waals surface area contributed by atoms with Crippen molar-refractivity contribution in [1.29, 1.82) is 0 Å². The summed E-state index contributed by atoms with van der Waals surface area (Å²) in [6.07, 6.45) is -4.80. The SMILES string of the molecule is CN1CCN(C(=O)C(F)(F)F)C(CN)C1. The lowest BCUT2D eigenvalue weighted by atomic mass is 10.1. The number of nitrogens with two attached hydrogens (primary N) is 1. The number of amides is 1. The van der Waals surface area contributed by atoms with E-state index >= 15 is 0 Å². The Bertz CT molecular complexity index is 244. The van der Waals surface area contributed by atoms with E-state index in [1.165, 1.54) is 0 Å². The number of carbonyl (C=O) groups is 1. The van der Waals surface area contributed by atoms with Crippen LogP contribution in [0.5, 0.6) is 0 Å². The highest BCUT2D eigenvalue weighted by Gasteiger charge is 2.45. The minimum atomic E-state index is -4.80. The van der Waals surface area contributed by atoms with Crippen LogP contribution in [0, 0.1) is 0 Å². The molecule has 0 aromatic carbocycles. The molecule has 1 amide bonds. The number of rotatable bonds is 1. The molecule has 0 radical (unpaired) electrons. The largest absolute Gasteiger partial charge is 0.471 e. The quantitative estimate of drug-likeness (QED) is 0.663. The predicted octanol–water partition coefficient (Wildman–Crippen LogP) is -0.350. The lowest BCUT2D eigenvalue weighted by molar-refractivity contribution is -0.189. The summed E-state index contributed by atoms with van der Waals surface area (Å²) in [5.74, 6) is -1.79. The van der Waals surface area contributed by atoms with Gasteiger partial charge in [-0.05, 0) is 7.05 Å². The van der Waals surface area contributed by atoms with Crippen LogP contribution in [-0.4, -0.2) is 61.2 Å². The van der Waals surface area contributed by atoms with Crippen LogP contribution in [0.25, 0.3) is 0 Å². The summed E-state index contributed by atoms with van der Waals surface area (Å²) in [4.78, 5) is 13.7. The van der Waals surface area contributed by atoms with Crippen LogP contribution in [0.4, 0.5) is 13.2 Å². The van der Waals surface area contributed by atoms with E-state index in [-0.39, 0.29) is 13.1 Å². The highest BCUT2D eigenvalue weighted by Crippen LogP contribution is 2.21. The summed E-state index contributed by atoms with van der Waals surface area (Å²) in [7, 11) is 1.79. The number of halogens is 3. The second kappa shape index (κ2) is 4.36. The Morgan fingerprint density at radius 3 is 2.53 bits per heavy atom. The lowest BCUT2D eigenvalue weighted by Gasteiger charge is -2.39. The van der Waals surface area contributed by atoms with E-state index in [4.69, 9.17) is 5.73 Å². The number of hydrogen-bond acceptors (Lipinski definition) is 3. The maximum atomic E-state index is 12.2. The maximum absolute atomic E-state index is 12.2. The molecule has 0 aromatic rings. The summed E-state index contributed by atoms with van der Waals surface area (Å²) in [6.45, 7) is 0.958. The van der Waals surface area contributed by atoms with E-state index in [1.54, 1.807) is 7.05 Å². The van der Waals surface area contributed by atoms with Crippen molar-refractivity contribution in [3.8, 4) is 0 Å². The molecule has 0 bridgehead atoms. The van der Waals surface area contributed by atoms with Crippen LogP contribution >= 0.6 is 0 Å². The predicted molar refractivity (Wildman–Crippen MR) is 48.1 cm³/mol. The molecule has 1 fully saturated rings. The standard InChI is InChI=1S/C8H14F3N3O/c1-13-2-3-14(6(4-12)5-13)7(15)8(9,10)11/h6H,2-5,12H2,1H3. The van der Waals surface area contributed by atoms with Gasteiger partial charge in [-0.1, -0.05) is 0 Å². The van der Waals surface area contributed by atoms with Gasteiger partial charge in [-0.2, -0.15) is 13.2 Å². The Hall–Kier alpha value is -0.820. The summed E-state index contributed by atoms with van der Waals surface area (Å²) in [5, 5.41) is 0. The van der Waals surface area contributed by atoms with Gasteiger partial charge in [-0.25, -0.2) is 0 Å². The van der Waals surface area contributed by atoms with Gasteiger partial charge in [0.25, 0.3) is 0 Å². The molecule has 1 saturated heterocycles. The topological polar surface area (TPSA) is 49.6 Å². The first-order valence-electron chi connectivity index (χ1n) is 4.62. The molecule has 0 spiro atoms. The van der Waals surface area contributed by atoms with Crippen LogP contribution in [0.2, 0.25) is 0 Å². The molecule has 4 nitrogen and oxygen atoms in total. The summed E-state index contributed by atoms with van der Waals surface area (Å²) in [5.41, 5.74) is 5.35. The van der Waals surface area contributed by atoms with Gasteiger partial charge in [0.2, 0.25) is 0 Å². The van der Waals surface area contributed by atoms with Crippen LogP contribution in [0.1, 0.15) is 0 Å². The molecule has 2 N–H and O–H groups in total. The van der Waals surface area contributed by atoms with Gasteiger partial charge in [-0.15, -0.1) is 0 Å². The van der Waals surface area contributed by atoms with Crippen molar-refractivity contribution >= 4 is 5.91 Å².